The van der Waals surface area contributed by atoms with Gasteiger partial charge in [0.05, 0.1) is 11.0 Å². The van der Waals surface area contributed by atoms with Gasteiger partial charge in [-0.25, -0.2) is 0 Å². The lowest BCUT2D eigenvalue weighted by Crippen LogP contribution is -2.11. The fourth-order valence-electron chi connectivity index (χ4n) is 4.30. The van der Waals surface area contributed by atoms with E-state index in [1.165, 1.54) is 27.8 Å². The van der Waals surface area contributed by atoms with Crippen LogP contribution in [0.15, 0.2) is 42.5 Å². The number of carbonyl (C=O) groups excluding carboxylic acids is 1. The van der Waals surface area contributed by atoms with Crippen molar-refractivity contribution >= 4 is 27.7 Å². The van der Waals surface area contributed by atoms with Crippen molar-refractivity contribution in [3.63, 3.8) is 0 Å². The highest BCUT2D eigenvalue weighted by atomic mass is 16.1. The molecule has 0 spiro atoms. The minimum atomic E-state index is -0.402. The molecule has 0 aliphatic heterocycles. The maximum absolute atomic E-state index is 12.1. The molecule has 1 amide bonds. The number of nitrogens with zero attached hydrogens (tertiary/aromatic N) is 1. The molecular formula is C25H25N2O. The van der Waals surface area contributed by atoms with Gasteiger partial charge in [-0.2, -0.15) is 0 Å². The van der Waals surface area contributed by atoms with Gasteiger partial charge >= 0.3 is 0 Å². The first kappa shape index (κ1) is 18.3. The summed E-state index contributed by atoms with van der Waals surface area (Å²) in [5.74, 6) is -0.402. The number of benzene rings is 3. The van der Waals surface area contributed by atoms with Gasteiger partial charge in [0.1, 0.15) is 0 Å². The van der Waals surface area contributed by atoms with Crippen molar-refractivity contribution in [2.75, 3.05) is 0 Å². The Labute approximate surface area is 165 Å². The number of aromatic nitrogens is 1. The number of amides is 1. The first-order valence-corrected chi connectivity index (χ1v) is 9.72. The third-order valence-corrected chi connectivity index (χ3v) is 5.68. The molecule has 0 aliphatic rings. The minimum Gasteiger partial charge on any atom is -0.366 e. The van der Waals surface area contributed by atoms with Crippen LogP contribution < -0.4 is 5.73 Å². The van der Waals surface area contributed by atoms with Crippen LogP contribution in [0.1, 0.15) is 45.1 Å². The second-order valence-corrected chi connectivity index (χ2v) is 7.65. The molecule has 3 heteroatoms. The number of rotatable bonds is 4. The van der Waals surface area contributed by atoms with Crippen molar-refractivity contribution in [3.8, 4) is 0 Å². The zero-order valence-corrected chi connectivity index (χ0v) is 16.9. The third kappa shape index (κ3) is 2.88. The van der Waals surface area contributed by atoms with Crippen LogP contribution in [0, 0.1) is 26.8 Å². The molecule has 0 saturated heterocycles. The maximum atomic E-state index is 12.1. The van der Waals surface area contributed by atoms with E-state index in [0.29, 0.717) is 5.56 Å². The molecule has 28 heavy (non-hydrogen) atoms. The largest absolute Gasteiger partial charge is 0.366 e. The zero-order valence-electron chi connectivity index (χ0n) is 16.9. The zero-order chi connectivity index (χ0) is 20.0. The van der Waals surface area contributed by atoms with E-state index in [9.17, 15) is 4.79 Å². The standard InChI is InChI=1S/C25H25N2O/c1-5-18-9-10-19-23(13-18)27(14-21-16(3)11-15(2)12-17(21)4)22-8-6-7-20(24(19)22)25(26)28/h6-9,11-13H,5,14H2,1-4H3,(H2,26,28). The number of aryl methyl sites for hydroxylation is 4. The van der Waals surface area contributed by atoms with Gasteiger partial charge in [0.25, 0.3) is 0 Å². The molecule has 0 saturated carbocycles. The molecule has 0 aliphatic carbocycles. The van der Waals surface area contributed by atoms with Crippen molar-refractivity contribution in [2.24, 2.45) is 5.73 Å². The fourth-order valence-corrected chi connectivity index (χ4v) is 4.30. The molecule has 1 aromatic heterocycles. The Morgan fingerprint density at radius 1 is 1.07 bits per heavy atom. The first-order valence-electron chi connectivity index (χ1n) is 9.72. The summed E-state index contributed by atoms with van der Waals surface area (Å²) < 4.78 is 2.30. The van der Waals surface area contributed by atoms with Crippen molar-refractivity contribution in [1.82, 2.24) is 4.57 Å². The van der Waals surface area contributed by atoms with Crippen LogP contribution in [-0.2, 0) is 13.0 Å². The summed E-state index contributed by atoms with van der Waals surface area (Å²) in [4.78, 5) is 12.1. The molecule has 2 N–H and O–H groups in total. The highest BCUT2D eigenvalue weighted by Crippen LogP contribution is 2.33. The second kappa shape index (κ2) is 6.83. The molecule has 3 aromatic carbocycles. The summed E-state index contributed by atoms with van der Waals surface area (Å²) in [6.45, 7) is 9.36. The van der Waals surface area contributed by atoms with E-state index in [0.717, 1.165) is 34.8 Å². The lowest BCUT2D eigenvalue weighted by molar-refractivity contribution is 0.100. The Kier molecular flexibility index (Phi) is 4.46. The summed E-state index contributed by atoms with van der Waals surface area (Å²) in [6, 6.07) is 17.9. The van der Waals surface area contributed by atoms with Crippen LogP contribution >= 0.6 is 0 Å². The van der Waals surface area contributed by atoms with Gasteiger partial charge in [-0.3, -0.25) is 4.79 Å². The Hall–Kier alpha value is -3.07. The van der Waals surface area contributed by atoms with Gasteiger partial charge in [0.2, 0.25) is 5.91 Å². The van der Waals surface area contributed by atoms with Crippen molar-refractivity contribution in [2.45, 2.75) is 40.7 Å². The molecule has 0 unspecified atom stereocenters. The predicted molar refractivity (Wildman–Crippen MR) is 116 cm³/mol. The van der Waals surface area contributed by atoms with Gasteiger partial charge in [-0.15, -0.1) is 0 Å². The molecule has 4 aromatic rings. The molecule has 0 fully saturated rings. The highest BCUT2D eigenvalue weighted by molar-refractivity contribution is 6.17. The quantitative estimate of drug-likeness (QED) is 0.526. The molecule has 0 atom stereocenters. The van der Waals surface area contributed by atoms with Gasteiger partial charge in [-0.1, -0.05) is 36.8 Å². The van der Waals surface area contributed by atoms with E-state index < -0.39 is 5.91 Å². The summed E-state index contributed by atoms with van der Waals surface area (Å²) in [5.41, 5.74) is 14.8. The van der Waals surface area contributed by atoms with Crippen LogP contribution in [0.25, 0.3) is 21.8 Å². The number of fused-ring (bicyclic) bond motifs is 3. The monoisotopic (exact) mass is 369 g/mol. The van der Waals surface area contributed by atoms with Gasteiger partial charge in [0, 0.05) is 22.9 Å². The summed E-state index contributed by atoms with van der Waals surface area (Å²) in [5, 5.41) is 1.86. The third-order valence-electron chi connectivity index (χ3n) is 5.68. The highest BCUT2D eigenvalue weighted by Gasteiger charge is 2.18. The molecule has 4 rings (SSSR count). The number of hydrogen-bond acceptors (Lipinski definition) is 1. The van der Waals surface area contributed by atoms with Crippen LogP contribution in [0.2, 0.25) is 0 Å². The lowest BCUT2D eigenvalue weighted by atomic mass is 9.99. The summed E-state index contributed by atoms with van der Waals surface area (Å²) in [6.07, 6.45) is 0.944. The van der Waals surface area contributed by atoms with Crippen LogP contribution in [0.4, 0.5) is 0 Å². The van der Waals surface area contributed by atoms with Crippen molar-refractivity contribution < 1.29 is 4.79 Å². The number of primary amides is 1. The van der Waals surface area contributed by atoms with Crippen LogP contribution in [0.3, 0.4) is 0 Å². The predicted octanol–water partition coefficient (Wildman–Crippen LogP) is 5.23. The number of nitrogens with two attached hydrogens (primary N) is 1. The maximum Gasteiger partial charge on any atom is 0.249 e. The average molecular weight is 369 g/mol. The van der Waals surface area contributed by atoms with E-state index in [2.05, 4.69) is 62.6 Å². The molecular weight excluding hydrogens is 344 g/mol. The Bertz CT molecular complexity index is 1210. The van der Waals surface area contributed by atoms with E-state index in [1.54, 1.807) is 6.07 Å². The normalized spacial score (nSPS) is 11.4. The molecule has 1 radical (unpaired) electrons. The smallest absolute Gasteiger partial charge is 0.249 e. The minimum absolute atomic E-state index is 0.402. The molecule has 1 heterocycles. The Balaban J connectivity index is 2.06. The van der Waals surface area contributed by atoms with Crippen LogP contribution in [-0.4, -0.2) is 10.5 Å². The van der Waals surface area contributed by atoms with Crippen molar-refractivity contribution in [1.29, 1.82) is 0 Å². The Morgan fingerprint density at radius 2 is 1.79 bits per heavy atom. The Morgan fingerprint density at radius 3 is 2.43 bits per heavy atom. The fraction of sp³-hybridized carbons (Fsp3) is 0.240. The van der Waals surface area contributed by atoms with E-state index in [-0.39, 0.29) is 0 Å². The van der Waals surface area contributed by atoms with E-state index in [1.807, 2.05) is 12.1 Å². The van der Waals surface area contributed by atoms with Crippen molar-refractivity contribution in [3.05, 3.63) is 81.9 Å². The molecule has 141 valence electrons. The van der Waals surface area contributed by atoms with Gasteiger partial charge < -0.3 is 10.3 Å². The molecule has 3 nitrogen and oxygen atoms in total. The number of carbonyl (C=O) groups is 1. The summed E-state index contributed by atoms with van der Waals surface area (Å²) in [7, 11) is 0. The van der Waals surface area contributed by atoms with Gasteiger partial charge in [0.15, 0.2) is 0 Å². The topological polar surface area (TPSA) is 48.0 Å². The molecule has 0 bridgehead atoms. The van der Waals surface area contributed by atoms with Crippen LogP contribution in [0.5, 0.6) is 0 Å². The first-order chi connectivity index (χ1) is 13.4. The van der Waals surface area contributed by atoms with E-state index in [4.69, 9.17) is 5.73 Å². The SMILES string of the molecule is CCc1c[c]c2c3c(C(N)=O)cccc3n(Cc3c(C)cc(C)cc3C)c2c1. The summed E-state index contributed by atoms with van der Waals surface area (Å²) >= 11 is 0. The lowest BCUT2D eigenvalue weighted by Gasteiger charge is -2.15. The number of hydrogen-bond donors (Lipinski definition) is 1. The van der Waals surface area contributed by atoms with E-state index >= 15 is 0 Å². The van der Waals surface area contributed by atoms with Gasteiger partial charge in [-0.05, 0) is 73.7 Å². The second-order valence-electron chi connectivity index (χ2n) is 7.65. The average Bonchev–Trinajstić information content (AvgIpc) is 2.97.